The zero-order valence-electron chi connectivity index (χ0n) is 18.6. The van der Waals surface area contributed by atoms with Crippen molar-refractivity contribution in [2.45, 2.75) is 50.2 Å². The van der Waals surface area contributed by atoms with Crippen LogP contribution in [0.15, 0.2) is 59.6 Å². The standard InChI is InChI=1S/C26H29N5O2/c27-26-25(33-23-8-4-7-20(23)17-5-2-1-3-6-17)24-21(14-29-26)22(16-32-24)18-13-30-31(15-18)19-9-11-28-12-10-19/h1-3,5-6,13-16,19-20,23,28H,4,7-12H2,(H2,27,29)/t20-,23?/m0/s1. The van der Waals surface area contributed by atoms with E-state index in [2.05, 4.69) is 56.6 Å². The number of pyridine rings is 1. The van der Waals surface area contributed by atoms with Gasteiger partial charge in [0, 0.05) is 29.4 Å². The number of rotatable bonds is 5. The molecule has 1 aliphatic carbocycles. The van der Waals surface area contributed by atoms with E-state index in [1.54, 1.807) is 12.5 Å². The van der Waals surface area contributed by atoms with Crippen LogP contribution in [0.2, 0.25) is 0 Å². The van der Waals surface area contributed by atoms with E-state index in [9.17, 15) is 0 Å². The Balaban J connectivity index is 1.31. The second-order valence-electron chi connectivity index (χ2n) is 9.16. The smallest absolute Gasteiger partial charge is 0.205 e. The Bertz CT molecular complexity index is 1240. The molecule has 1 saturated heterocycles. The van der Waals surface area contributed by atoms with Crippen LogP contribution < -0.4 is 15.8 Å². The van der Waals surface area contributed by atoms with Crippen LogP contribution in [-0.2, 0) is 0 Å². The Morgan fingerprint density at radius 3 is 2.76 bits per heavy atom. The van der Waals surface area contributed by atoms with Crippen LogP contribution in [0.1, 0.15) is 49.6 Å². The Labute approximate surface area is 192 Å². The molecule has 170 valence electrons. The molecule has 1 aliphatic heterocycles. The number of nitrogens with zero attached hydrogens (tertiary/aromatic N) is 3. The molecular weight excluding hydrogens is 414 g/mol. The number of nitrogens with one attached hydrogen (secondary N) is 1. The number of hydrogen-bond acceptors (Lipinski definition) is 6. The van der Waals surface area contributed by atoms with Gasteiger partial charge in [0.25, 0.3) is 0 Å². The number of ether oxygens (including phenoxy) is 1. The summed E-state index contributed by atoms with van der Waals surface area (Å²) in [5.41, 5.74) is 10.2. The third-order valence-corrected chi connectivity index (χ3v) is 7.15. The summed E-state index contributed by atoms with van der Waals surface area (Å²) in [6.45, 7) is 2.06. The Kier molecular flexibility index (Phi) is 5.26. The third-order valence-electron chi connectivity index (χ3n) is 7.15. The van der Waals surface area contributed by atoms with E-state index in [-0.39, 0.29) is 6.10 Å². The summed E-state index contributed by atoms with van der Waals surface area (Å²) in [4.78, 5) is 4.46. The van der Waals surface area contributed by atoms with E-state index in [4.69, 9.17) is 14.9 Å². The minimum Gasteiger partial charge on any atom is -0.482 e. The fraction of sp³-hybridized carbons (Fsp3) is 0.385. The maximum atomic E-state index is 6.53. The molecule has 0 amide bonds. The molecule has 4 heterocycles. The van der Waals surface area contributed by atoms with Gasteiger partial charge in [-0.2, -0.15) is 5.10 Å². The summed E-state index contributed by atoms with van der Waals surface area (Å²) in [6.07, 6.45) is 13.0. The molecule has 0 radical (unpaired) electrons. The van der Waals surface area contributed by atoms with Gasteiger partial charge in [0.15, 0.2) is 11.4 Å². The number of fused-ring (bicyclic) bond motifs is 1. The van der Waals surface area contributed by atoms with Gasteiger partial charge >= 0.3 is 0 Å². The van der Waals surface area contributed by atoms with Crippen molar-refractivity contribution in [3.63, 3.8) is 0 Å². The quantitative estimate of drug-likeness (QED) is 0.455. The maximum Gasteiger partial charge on any atom is 0.205 e. The molecule has 2 aliphatic rings. The molecule has 7 nitrogen and oxygen atoms in total. The highest BCUT2D eigenvalue weighted by atomic mass is 16.5. The number of nitrogen functional groups attached to an aromatic ring is 1. The van der Waals surface area contributed by atoms with Crippen LogP contribution in [0.3, 0.4) is 0 Å². The van der Waals surface area contributed by atoms with Gasteiger partial charge in [0.2, 0.25) is 5.75 Å². The molecule has 3 N–H and O–H groups in total. The minimum absolute atomic E-state index is 0.0540. The Hall–Kier alpha value is -3.32. The maximum absolute atomic E-state index is 6.53. The topological polar surface area (TPSA) is 91.1 Å². The van der Waals surface area contributed by atoms with Crippen LogP contribution in [0.25, 0.3) is 22.1 Å². The number of furan rings is 1. The summed E-state index contributed by atoms with van der Waals surface area (Å²) < 4.78 is 14.6. The number of aromatic nitrogens is 3. The van der Waals surface area contributed by atoms with Crippen molar-refractivity contribution >= 4 is 16.8 Å². The van der Waals surface area contributed by atoms with Gasteiger partial charge in [0.1, 0.15) is 12.4 Å². The normalized spacial score (nSPS) is 21.6. The Morgan fingerprint density at radius 2 is 1.91 bits per heavy atom. The highest BCUT2D eigenvalue weighted by Crippen LogP contribution is 2.42. The highest BCUT2D eigenvalue weighted by Gasteiger charge is 2.32. The lowest BCUT2D eigenvalue weighted by atomic mass is 9.96. The molecular formula is C26H29N5O2. The molecule has 4 aromatic rings. The van der Waals surface area contributed by atoms with Gasteiger partial charge in [-0.05, 0) is 50.8 Å². The lowest BCUT2D eigenvalue weighted by Gasteiger charge is -2.22. The Morgan fingerprint density at radius 1 is 1.06 bits per heavy atom. The molecule has 2 atom stereocenters. The largest absolute Gasteiger partial charge is 0.482 e. The molecule has 0 spiro atoms. The summed E-state index contributed by atoms with van der Waals surface area (Å²) >= 11 is 0. The molecule has 1 aromatic carbocycles. The summed E-state index contributed by atoms with van der Waals surface area (Å²) in [5, 5.41) is 8.95. The molecule has 0 bridgehead atoms. The average Bonchev–Trinajstić information content (AvgIpc) is 3.61. The minimum atomic E-state index is 0.0540. The monoisotopic (exact) mass is 443 g/mol. The zero-order valence-corrected chi connectivity index (χ0v) is 18.6. The number of benzene rings is 1. The lowest BCUT2D eigenvalue weighted by molar-refractivity contribution is 0.191. The van der Waals surface area contributed by atoms with Crippen LogP contribution in [0.4, 0.5) is 5.82 Å². The SMILES string of the molecule is Nc1ncc2c(-c3cnn(C4CCNCC4)c3)coc2c1OC1CCC[C@H]1c1ccccc1. The van der Waals surface area contributed by atoms with Gasteiger partial charge in [-0.1, -0.05) is 30.3 Å². The summed E-state index contributed by atoms with van der Waals surface area (Å²) in [5.74, 6) is 1.27. The van der Waals surface area contributed by atoms with Crippen molar-refractivity contribution in [1.82, 2.24) is 20.1 Å². The third kappa shape index (κ3) is 3.76. The first-order chi connectivity index (χ1) is 16.3. The average molecular weight is 444 g/mol. The van der Waals surface area contributed by atoms with Crippen LogP contribution in [-0.4, -0.2) is 34.0 Å². The fourth-order valence-electron chi connectivity index (χ4n) is 5.37. The summed E-state index contributed by atoms with van der Waals surface area (Å²) in [7, 11) is 0. The van der Waals surface area contributed by atoms with Crippen LogP contribution >= 0.6 is 0 Å². The van der Waals surface area contributed by atoms with E-state index in [1.165, 1.54) is 5.56 Å². The first-order valence-electron chi connectivity index (χ1n) is 11.9. The first kappa shape index (κ1) is 20.3. The van der Waals surface area contributed by atoms with Gasteiger partial charge < -0.3 is 20.2 Å². The first-order valence-corrected chi connectivity index (χ1v) is 11.9. The molecule has 2 fully saturated rings. The number of piperidine rings is 1. The molecule has 1 unspecified atom stereocenters. The number of anilines is 1. The number of nitrogens with two attached hydrogens (primary N) is 1. The second kappa shape index (κ2) is 8.56. The van der Waals surface area contributed by atoms with E-state index >= 15 is 0 Å². The van der Waals surface area contributed by atoms with Gasteiger partial charge in [-0.3, -0.25) is 4.68 Å². The van der Waals surface area contributed by atoms with E-state index in [0.717, 1.165) is 61.7 Å². The van der Waals surface area contributed by atoms with Crippen molar-refractivity contribution in [3.05, 3.63) is 60.7 Å². The summed E-state index contributed by atoms with van der Waals surface area (Å²) in [6, 6.07) is 11.0. The van der Waals surface area contributed by atoms with E-state index in [0.29, 0.717) is 29.1 Å². The lowest BCUT2D eigenvalue weighted by Crippen LogP contribution is -2.29. The molecule has 3 aromatic heterocycles. The van der Waals surface area contributed by atoms with Crippen molar-refractivity contribution in [2.75, 3.05) is 18.8 Å². The van der Waals surface area contributed by atoms with Crippen molar-refractivity contribution in [1.29, 1.82) is 0 Å². The van der Waals surface area contributed by atoms with Crippen LogP contribution in [0, 0.1) is 0 Å². The predicted octanol–water partition coefficient (Wildman–Crippen LogP) is 4.91. The zero-order chi connectivity index (χ0) is 22.2. The van der Waals surface area contributed by atoms with Gasteiger partial charge in [0.05, 0.1) is 17.6 Å². The molecule has 7 heteroatoms. The molecule has 33 heavy (non-hydrogen) atoms. The molecule has 1 saturated carbocycles. The van der Waals surface area contributed by atoms with E-state index < -0.39 is 0 Å². The van der Waals surface area contributed by atoms with Crippen molar-refractivity contribution < 1.29 is 9.15 Å². The highest BCUT2D eigenvalue weighted by molar-refractivity contribution is 5.97. The van der Waals surface area contributed by atoms with E-state index in [1.807, 2.05) is 6.20 Å². The van der Waals surface area contributed by atoms with Crippen molar-refractivity contribution in [2.24, 2.45) is 0 Å². The van der Waals surface area contributed by atoms with Gasteiger partial charge in [-0.25, -0.2) is 4.98 Å². The predicted molar refractivity (Wildman–Crippen MR) is 128 cm³/mol. The van der Waals surface area contributed by atoms with Gasteiger partial charge in [-0.15, -0.1) is 0 Å². The fourth-order valence-corrected chi connectivity index (χ4v) is 5.37. The molecule has 6 rings (SSSR count). The van der Waals surface area contributed by atoms with Crippen molar-refractivity contribution in [3.8, 4) is 16.9 Å². The second-order valence-corrected chi connectivity index (χ2v) is 9.16. The number of hydrogen-bond donors (Lipinski definition) is 2. The van der Waals surface area contributed by atoms with Crippen LogP contribution in [0.5, 0.6) is 5.75 Å².